The summed E-state index contributed by atoms with van der Waals surface area (Å²) in [6.07, 6.45) is 0. The van der Waals surface area contributed by atoms with E-state index in [9.17, 15) is 9.90 Å². The minimum absolute atomic E-state index is 0. The normalized spacial score (nSPS) is 10.6. The Morgan fingerprint density at radius 1 is 1.04 bits per heavy atom. The molecule has 0 aliphatic heterocycles. The Morgan fingerprint density at radius 2 is 1.80 bits per heavy atom. The Bertz CT molecular complexity index is 1030. The van der Waals surface area contributed by atoms with Crippen molar-refractivity contribution in [2.45, 2.75) is 0 Å². The van der Waals surface area contributed by atoms with Crippen molar-refractivity contribution in [1.82, 2.24) is 4.98 Å². The summed E-state index contributed by atoms with van der Waals surface area (Å²) in [4.78, 5) is 15.1. The number of hydrogen-bond acceptors (Lipinski definition) is 5. The molecule has 0 atom stereocenters. The van der Waals surface area contributed by atoms with Crippen LogP contribution in [0.15, 0.2) is 60.7 Å². The SMILES string of the molecule is O=C([O-])COc1ccc2cc(-c3nc4ccccc4s3)ccc2c1.[Na+]. The predicted octanol–water partition coefficient (Wildman–Crippen LogP) is 0.249. The number of carbonyl (C=O) groups is 1. The fourth-order valence-electron chi connectivity index (χ4n) is 2.58. The van der Waals surface area contributed by atoms with E-state index < -0.39 is 12.6 Å². The molecule has 25 heavy (non-hydrogen) atoms. The fraction of sp³-hybridized carbons (Fsp3) is 0.0526. The maximum Gasteiger partial charge on any atom is 1.00 e. The second-order valence-electron chi connectivity index (χ2n) is 5.37. The van der Waals surface area contributed by atoms with Crippen LogP contribution in [0.25, 0.3) is 31.6 Å². The summed E-state index contributed by atoms with van der Waals surface area (Å²) < 4.78 is 6.32. The third-order valence-corrected chi connectivity index (χ3v) is 4.79. The summed E-state index contributed by atoms with van der Waals surface area (Å²) in [6, 6.07) is 19.7. The topological polar surface area (TPSA) is 62.2 Å². The average molecular weight is 357 g/mol. The number of ether oxygens (including phenoxy) is 1. The molecule has 0 N–H and O–H groups in total. The van der Waals surface area contributed by atoms with Crippen molar-refractivity contribution in [3.63, 3.8) is 0 Å². The molecule has 6 heteroatoms. The van der Waals surface area contributed by atoms with E-state index in [0.717, 1.165) is 26.9 Å². The summed E-state index contributed by atoms with van der Waals surface area (Å²) in [7, 11) is 0. The van der Waals surface area contributed by atoms with Crippen LogP contribution in [0.2, 0.25) is 0 Å². The molecule has 3 aromatic carbocycles. The Balaban J connectivity index is 0.00000182. The maximum absolute atomic E-state index is 10.5. The second-order valence-corrected chi connectivity index (χ2v) is 6.40. The largest absolute Gasteiger partial charge is 1.00 e. The van der Waals surface area contributed by atoms with Crippen LogP contribution >= 0.6 is 11.3 Å². The van der Waals surface area contributed by atoms with Gasteiger partial charge in [0, 0.05) is 5.56 Å². The van der Waals surface area contributed by atoms with Crippen molar-refractivity contribution < 1.29 is 44.2 Å². The number of carboxylic acid groups (broad SMARTS) is 1. The molecule has 0 saturated heterocycles. The molecule has 0 spiro atoms. The zero-order valence-electron chi connectivity index (χ0n) is 13.6. The molecule has 118 valence electrons. The number of rotatable bonds is 4. The van der Waals surface area contributed by atoms with Crippen LogP contribution in [-0.4, -0.2) is 17.6 Å². The van der Waals surface area contributed by atoms with Gasteiger partial charge >= 0.3 is 29.6 Å². The quantitative estimate of drug-likeness (QED) is 0.491. The zero-order valence-corrected chi connectivity index (χ0v) is 16.4. The molecule has 0 saturated carbocycles. The van der Waals surface area contributed by atoms with Gasteiger partial charge in [0.05, 0.1) is 16.2 Å². The van der Waals surface area contributed by atoms with Crippen molar-refractivity contribution in [1.29, 1.82) is 0 Å². The van der Waals surface area contributed by atoms with Crippen LogP contribution < -0.4 is 39.4 Å². The molecule has 1 aromatic heterocycles. The molecule has 0 unspecified atom stereocenters. The van der Waals surface area contributed by atoms with Gasteiger partial charge in [-0.05, 0) is 41.1 Å². The van der Waals surface area contributed by atoms with Crippen molar-refractivity contribution in [2.24, 2.45) is 0 Å². The first-order valence-corrected chi connectivity index (χ1v) is 8.23. The maximum atomic E-state index is 10.5. The molecule has 0 radical (unpaired) electrons. The fourth-order valence-corrected chi connectivity index (χ4v) is 3.55. The zero-order chi connectivity index (χ0) is 16.5. The molecule has 0 aliphatic carbocycles. The molecule has 0 fully saturated rings. The van der Waals surface area contributed by atoms with Gasteiger partial charge in [0.2, 0.25) is 0 Å². The van der Waals surface area contributed by atoms with E-state index in [4.69, 9.17) is 4.74 Å². The number of hydrogen-bond donors (Lipinski definition) is 0. The van der Waals surface area contributed by atoms with Gasteiger partial charge in [0.15, 0.2) is 0 Å². The Morgan fingerprint density at radius 3 is 2.60 bits per heavy atom. The number of para-hydroxylation sites is 1. The second kappa shape index (κ2) is 7.54. The number of benzene rings is 3. The first-order valence-electron chi connectivity index (χ1n) is 7.41. The summed E-state index contributed by atoms with van der Waals surface area (Å²) >= 11 is 1.67. The van der Waals surface area contributed by atoms with Gasteiger partial charge < -0.3 is 14.6 Å². The van der Waals surface area contributed by atoms with Crippen LogP contribution in [0.5, 0.6) is 5.75 Å². The molecule has 0 aliphatic rings. The number of thiazole rings is 1. The van der Waals surface area contributed by atoms with Gasteiger partial charge in [-0.2, -0.15) is 0 Å². The van der Waals surface area contributed by atoms with E-state index in [1.54, 1.807) is 17.4 Å². The van der Waals surface area contributed by atoms with Crippen LogP contribution in [0.4, 0.5) is 0 Å². The third-order valence-electron chi connectivity index (χ3n) is 3.71. The molecule has 1 heterocycles. The number of aromatic nitrogens is 1. The first-order chi connectivity index (χ1) is 11.7. The van der Waals surface area contributed by atoms with Gasteiger partial charge in [-0.1, -0.05) is 30.3 Å². The van der Waals surface area contributed by atoms with E-state index in [1.807, 2.05) is 42.5 Å². The Hall–Kier alpha value is -1.92. The molecular formula is C19H12NNaO3S. The first kappa shape index (κ1) is 17.9. The summed E-state index contributed by atoms with van der Waals surface area (Å²) in [6.45, 7) is -0.449. The number of carboxylic acids is 1. The van der Waals surface area contributed by atoms with Crippen molar-refractivity contribution >= 4 is 38.3 Å². The number of fused-ring (bicyclic) bond motifs is 2. The smallest absolute Gasteiger partial charge is 0.546 e. The third kappa shape index (κ3) is 3.85. The summed E-state index contributed by atoms with van der Waals surface area (Å²) in [5, 5.41) is 13.5. The molecular weight excluding hydrogens is 345 g/mol. The molecule has 4 rings (SSSR count). The minimum atomic E-state index is -1.23. The van der Waals surface area contributed by atoms with E-state index in [0.29, 0.717) is 5.75 Å². The molecule has 4 aromatic rings. The van der Waals surface area contributed by atoms with Crippen LogP contribution in [-0.2, 0) is 4.79 Å². The van der Waals surface area contributed by atoms with Crippen molar-refractivity contribution in [2.75, 3.05) is 6.61 Å². The van der Waals surface area contributed by atoms with E-state index >= 15 is 0 Å². The van der Waals surface area contributed by atoms with Crippen LogP contribution in [0.1, 0.15) is 0 Å². The number of aliphatic carboxylic acids is 1. The molecule has 0 bridgehead atoms. The Labute approximate surface area is 170 Å². The van der Waals surface area contributed by atoms with Crippen LogP contribution in [0, 0.1) is 0 Å². The van der Waals surface area contributed by atoms with Gasteiger partial charge in [0.1, 0.15) is 17.4 Å². The molecule has 4 nitrogen and oxygen atoms in total. The van der Waals surface area contributed by atoms with Gasteiger partial charge in [0.25, 0.3) is 0 Å². The average Bonchev–Trinajstić information content (AvgIpc) is 3.03. The minimum Gasteiger partial charge on any atom is -0.546 e. The van der Waals surface area contributed by atoms with Gasteiger partial charge in [-0.25, -0.2) is 4.98 Å². The van der Waals surface area contributed by atoms with Crippen LogP contribution in [0.3, 0.4) is 0 Å². The van der Waals surface area contributed by atoms with Crippen molar-refractivity contribution in [3.05, 3.63) is 60.7 Å². The van der Waals surface area contributed by atoms with Gasteiger partial charge in [-0.15, -0.1) is 11.3 Å². The van der Waals surface area contributed by atoms with E-state index in [2.05, 4.69) is 17.1 Å². The van der Waals surface area contributed by atoms with Crippen molar-refractivity contribution in [3.8, 4) is 16.3 Å². The number of carbonyl (C=O) groups excluding carboxylic acids is 1. The van der Waals surface area contributed by atoms with E-state index in [1.165, 1.54) is 4.70 Å². The van der Waals surface area contributed by atoms with E-state index in [-0.39, 0.29) is 29.6 Å². The molecule has 0 amide bonds. The Kier molecular flexibility index (Phi) is 5.39. The van der Waals surface area contributed by atoms with Gasteiger partial charge in [-0.3, -0.25) is 0 Å². The predicted molar refractivity (Wildman–Crippen MR) is 93.1 cm³/mol. The summed E-state index contributed by atoms with van der Waals surface area (Å²) in [5.74, 6) is -0.722. The number of nitrogens with zero attached hydrogens (tertiary/aromatic N) is 1. The standard InChI is InChI=1S/C19H13NO3S.Na/c21-18(22)11-23-15-8-7-12-9-14(6-5-13(12)10-15)19-20-16-3-1-2-4-17(16)24-19;/h1-10H,11H2,(H,21,22);/q;+1/p-1. The monoisotopic (exact) mass is 357 g/mol. The summed E-state index contributed by atoms with van der Waals surface area (Å²) in [5.41, 5.74) is 2.07.